The van der Waals surface area contributed by atoms with Gasteiger partial charge in [0.05, 0.1) is 38.6 Å². The number of aliphatic hydroxyl groups is 1. The zero-order valence-corrected chi connectivity index (χ0v) is 8.23. The maximum atomic E-state index is 8.94. The molecule has 0 aromatic heterocycles. The number of epoxide rings is 1. The lowest BCUT2D eigenvalue weighted by molar-refractivity contribution is -0.0383. The summed E-state index contributed by atoms with van der Waals surface area (Å²) in [5.41, 5.74) is 0. The summed E-state index contributed by atoms with van der Waals surface area (Å²) < 4.78 is 15.6. The van der Waals surface area contributed by atoms with E-state index >= 15 is 0 Å². The van der Waals surface area contributed by atoms with Crippen LogP contribution in [0.5, 0.6) is 0 Å². The highest BCUT2D eigenvalue weighted by Crippen LogP contribution is 2.08. The van der Waals surface area contributed by atoms with E-state index in [9.17, 15) is 0 Å². The molecule has 1 aliphatic rings. The lowest BCUT2D eigenvalue weighted by Crippen LogP contribution is -2.22. The van der Waals surface area contributed by atoms with Crippen molar-refractivity contribution in [1.29, 1.82) is 0 Å². The molecule has 0 amide bonds. The Morgan fingerprint density at radius 3 is 2.69 bits per heavy atom. The molecular weight excluding hydrogens is 172 g/mol. The molecule has 4 nitrogen and oxygen atoms in total. The second kappa shape index (κ2) is 5.54. The van der Waals surface area contributed by atoms with E-state index in [1.807, 2.05) is 6.92 Å². The van der Waals surface area contributed by atoms with E-state index in [0.29, 0.717) is 25.9 Å². The summed E-state index contributed by atoms with van der Waals surface area (Å²) >= 11 is 0. The Labute approximate surface area is 78.8 Å². The molecule has 0 aliphatic carbocycles. The smallest absolute Gasteiger partial charge is 0.104 e. The van der Waals surface area contributed by atoms with E-state index in [1.165, 1.54) is 0 Å². The largest absolute Gasteiger partial charge is 0.391 e. The average Bonchev–Trinajstić information content (AvgIpc) is 2.84. The minimum Gasteiger partial charge on any atom is -0.391 e. The maximum Gasteiger partial charge on any atom is 0.104 e. The van der Waals surface area contributed by atoms with Crippen molar-refractivity contribution in [3.05, 3.63) is 0 Å². The predicted octanol–water partition coefficient (Wildman–Crippen LogP) is 0.188. The quantitative estimate of drug-likeness (QED) is 0.582. The number of rotatable bonds is 7. The van der Waals surface area contributed by atoms with Crippen molar-refractivity contribution < 1.29 is 19.3 Å². The molecule has 13 heavy (non-hydrogen) atoms. The number of hydrogen-bond donors (Lipinski definition) is 1. The van der Waals surface area contributed by atoms with Gasteiger partial charge in [0.25, 0.3) is 0 Å². The van der Waals surface area contributed by atoms with Crippen molar-refractivity contribution in [2.24, 2.45) is 0 Å². The van der Waals surface area contributed by atoms with Gasteiger partial charge in [0.2, 0.25) is 0 Å². The topological polar surface area (TPSA) is 51.2 Å². The zero-order chi connectivity index (χ0) is 9.68. The molecule has 1 saturated heterocycles. The molecule has 0 saturated carbocycles. The van der Waals surface area contributed by atoms with Crippen LogP contribution in [0.4, 0.5) is 0 Å². The minimum absolute atomic E-state index is 0.0355. The summed E-state index contributed by atoms with van der Waals surface area (Å²) in [5, 5.41) is 8.94. The Morgan fingerprint density at radius 2 is 2.15 bits per heavy atom. The third-order valence-electron chi connectivity index (χ3n) is 1.68. The monoisotopic (exact) mass is 190 g/mol. The normalized spacial score (nSPS) is 25.6. The van der Waals surface area contributed by atoms with Crippen molar-refractivity contribution in [1.82, 2.24) is 0 Å². The SMILES string of the molecule is CC(O)COC(C)COCC1CO1. The van der Waals surface area contributed by atoms with Crippen LogP contribution < -0.4 is 0 Å². The molecule has 78 valence electrons. The Kier molecular flexibility index (Phi) is 4.66. The van der Waals surface area contributed by atoms with Gasteiger partial charge in [0.15, 0.2) is 0 Å². The third-order valence-corrected chi connectivity index (χ3v) is 1.68. The summed E-state index contributed by atoms with van der Waals surface area (Å²) in [4.78, 5) is 0. The molecular formula is C9H18O4. The molecule has 1 rings (SSSR count). The molecule has 1 fully saturated rings. The Bertz CT molecular complexity index is 134. The molecule has 1 heterocycles. The fraction of sp³-hybridized carbons (Fsp3) is 1.00. The van der Waals surface area contributed by atoms with E-state index in [0.717, 1.165) is 6.61 Å². The van der Waals surface area contributed by atoms with Gasteiger partial charge in [-0.3, -0.25) is 0 Å². The maximum absolute atomic E-state index is 8.94. The van der Waals surface area contributed by atoms with Crippen molar-refractivity contribution in [2.45, 2.75) is 32.2 Å². The van der Waals surface area contributed by atoms with Crippen LogP contribution in [0.3, 0.4) is 0 Å². The van der Waals surface area contributed by atoms with Gasteiger partial charge in [-0.15, -0.1) is 0 Å². The van der Waals surface area contributed by atoms with E-state index in [2.05, 4.69) is 0 Å². The van der Waals surface area contributed by atoms with Crippen LogP contribution in [-0.2, 0) is 14.2 Å². The average molecular weight is 190 g/mol. The molecule has 3 atom stereocenters. The first-order valence-corrected chi connectivity index (χ1v) is 4.67. The number of ether oxygens (including phenoxy) is 3. The second-order valence-corrected chi connectivity index (χ2v) is 3.49. The fourth-order valence-electron chi connectivity index (χ4n) is 0.881. The molecule has 0 bridgehead atoms. The molecule has 0 spiro atoms. The Morgan fingerprint density at radius 1 is 1.46 bits per heavy atom. The van der Waals surface area contributed by atoms with Crippen LogP contribution in [-0.4, -0.2) is 49.8 Å². The summed E-state index contributed by atoms with van der Waals surface area (Å²) in [6.45, 7) is 6.03. The Hall–Kier alpha value is -0.160. The first-order valence-electron chi connectivity index (χ1n) is 4.67. The van der Waals surface area contributed by atoms with Crippen molar-refractivity contribution in [2.75, 3.05) is 26.4 Å². The number of hydrogen-bond acceptors (Lipinski definition) is 4. The van der Waals surface area contributed by atoms with Crippen molar-refractivity contribution in [3.63, 3.8) is 0 Å². The standard InChI is InChI=1S/C9H18O4/c1-7(10)3-12-8(2)4-11-5-9-6-13-9/h7-10H,3-6H2,1-2H3. The molecule has 4 heteroatoms. The molecule has 0 aromatic rings. The van der Waals surface area contributed by atoms with Crippen LogP contribution in [0, 0.1) is 0 Å². The van der Waals surface area contributed by atoms with Gasteiger partial charge in [-0.05, 0) is 13.8 Å². The third kappa shape index (κ3) is 5.99. The summed E-state index contributed by atoms with van der Waals surface area (Å²) in [6.07, 6.45) is -0.0634. The van der Waals surface area contributed by atoms with Crippen LogP contribution in [0.1, 0.15) is 13.8 Å². The van der Waals surface area contributed by atoms with Gasteiger partial charge in [-0.25, -0.2) is 0 Å². The van der Waals surface area contributed by atoms with Gasteiger partial charge in [-0.1, -0.05) is 0 Å². The first-order chi connectivity index (χ1) is 6.18. The van der Waals surface area contributed by atoms with Gasteiger partial charge in [0.1, 0.15) is 6.10 Å². The van der Waals surface area contributed by atoms with Gasteiger partial charge in [-0.2, -0.15) is 0 Å². The highest BCUT2D eigenvalue weighted by molar-refractivity contribution is 4.67. The van der Waals surface area contributed by atoms with E-state index in [4.69, 9.17) is 19.3 Å². The summed E-state index contributed by atoms with van der Waals surface area (Å²) in [6, 6.07) is 0. The fourth-order valence-corrected chi connectivity index (χ4v) is 0.881. The van der Waals surface area contributed by atoms with Crippen molar-refractivity contribution in [3.8, 4) is 0 Å². The molecule has 1 N–H and O–H groups in total. The van der Waals surface area contributed by atoms with Crippen LogP contribution >= 0.6 is 0 Å². The summed E-state index contributed by atoms with van der Waals surface area (Å²) in [7, 11) is 0. The molecule has 0 aromatic carbocycles. The molecule has 3 unspecified atom stereocenters. The molecule has 0 radical (unpaired) electrons. The van der Waals surface area contributed by atoms with Crippen LogP contribution in [0.15, 0.2) is 0 Å². The summed E-state index contributed by atoms with van der Waals surface area (Å²) in [5.74, 6) is 0. The minimum atomic E-state index is -0.408. The number of aliphatic hydroxyl groups excluding tert-OH is 1. The lowest BCUT2D eigenvalue weighted by atomic mass is 10.4. The van der Waals surface area contributed by atoms with Crippen LogP contribution in [0.2, 0.25) is 0 Å². The zero-order valence-electron chi connectivity index (χ0n) is 8.23. The lowest BCUT2D eigenvalue weighted by Gasteiger charge is -2.14. The van der Waals surface area contributed by atoms with Gasteiger partial charge >= 0.3 is 0 Å². The van der Waals surface area contributed by atoms with E-state index < -0.39 is 6.10 Å². The molecule has 1 aliphatic heterocycles. The van der Waals surface area contributed by atoms with Crippen LogP contribution in [0.25, 0.3) is 0 Å². The van der Waals surface area contributed by atoms with Crippen molar-refractivity contribution >= 4 is 0 Å². The Balaban J connectivity index is 1.87. The first kappa shape index (κ1) is 10.9. The van der Waals surface area contributed by atoms with E-state index in [-0.39, 0.29) is 6.10 Å². The van der Waals surface area contributed by atoms with Gasteiger partial charge in [0, 0.05) is 0 Å². The second-order valence-electron chi connectivity index (χ2n) is 3.49. The van der Waals surface area contributed by atoms with E-state index in [1.54, 1.807) is 6.92 Å². The predicted molar refractivity (Wildman–Crippen MR) is 47.7 cm³/mol. The highest BCUT2D eigenvalue weighted by Gasteiger charge is 2.22. The van der Waals surface area contributed by atoms with Gasteiger partial charge < -0.3 is 19.3 Å². The highest BCUT2D eigenvalue weighted by atomic mass is 16.6.